The van der Waals surface area contributed by atoms with Gasteiger partial charge >= 0.3 is 5.97 Å². The highest BCUT2D eigenvalue weighted by molar-refractivity contribution is 5.97. The number of phenols is 1. The Labute approximate surface area is 358 Å². The van der Waals surface area contributed by atoms with Gasteiger partial charge in [0, 0.05) is 34.3 Å². The van der Waals surface area contributed by atoms with Crippen LogP contribution in [0.5, 0.6) is 5.75 Å². The molecule has 0 aliphatic carbocycles. The highest BCUT2D eigenvalue weighted by Crippen LogP contribution is 2.21. The Morgan fingerprint density at radius 2 is 1.38 bits per heavy atom. The fourth-order valence-electron chi connectivity index (χ4n) is 6.76. The summed E-state index contributed by atoms with van der Waals surface area (Å²) in [4.78, 5) is 103. The van der Waals surface area contributed by atoms with E-state index in [9.17, 15) is 43.8 Å². The monoisotopic (exact) mass is 861 g/mol. The molecule has 1 heterocycles. The normalized spacial score (nSPS) is 16.6. The first-order chi connectivity index (χ1) is 29.3. The van der Waals surface area contributed by atoms with Gasteiger partial charge in [-0.15, -0.1) is 0 Å². The Balaban J connectivity index is 2.43. The topological polar surface area (TPSA) is 352 Å². The van der Waals surface area contributed by atoms with E-state index in [2.05, 4.69) is 36.6 Å². The zero-order chi connectivity index (χ0) is 46.5. The molecule has 61 heavy (non-hydrogen) atoms. The molecule has 6 amide bonds. The molecule has 21 nitrogen and oxygen atoms in total. The van der Waals surface area contributed by atoms with Crippen LogP contribution in [0.2, 0.25) is 0 Å². The number of carbonyl (C=O) groups is 7. The number of nitrogens with two attached hydrogens (primary N) is 4. The van der Waals surface area contributed by atoms with Gasteiger partial charge in [-0.2, -0.15) is 0 Å². The number of carboxylic acids is 1. The van der Waals surface area contributed by atoms with Crippen LogP contribution in [0.25, 0.3) is 0 Å². The average molecular weight is 861 g/mol. The predicted molar refractivity (Wildman–Crippen MR) is 228 cm³/mol. The Morgan fingerprint density at radius 3 is 1.92 bits per heavy atom. The zero-order valence-electron chi connectivity index (χ0n) is 36.5. The molecule has 0 saturated carbocycles. The SMILES string of the molecule is [3H]CC(=O)N[C@@H](CCCN=C(N)N)C(=O)N[C@@H](CCCN=C(N)N)C(=O)N1CCC[C@H]1C(=O)N[C@@H](Cc1ccc(O)cc1)C(=O)N[C@H](C(=O)N[C@@H](CC(C)C)C(=O)O)[C@@H](C)CC. The number of hydrogen-bond acceptors (Lipinski definition) is 10. The molecule has 0 aromatic heterocycles. The molecule has 1 saturated heterocycles. The molecule has 7 atom stereocenters. The molecule has 21 heteroatoms. The molecular weight excluding hydrogens is 793 g/mol. The Morgan fingerprint density at radius 1 is 0.803 bits per heavy atom. The van der Waals surface area contributed by atoms with Gasteiger partial charge in [0.2, 0.25) is 35.4 Å². The first-order valence-electron chi connectivity index (χ1n) is 21.2. The van der Waals surface area contributed by atoms with Gasteiger partial charge < -0.3 is 64.6 Å². The molecule has 0 bridgehead atoms. The molecule has 1 fully saturated rings. The van der Waals surface area contributed by atoms with Crippen molar-refractivity contribution >= 4 is 53.3 Å². The Bertz CT molecular complexity index is 1740. The van der Waals surface area contributed by atoms with Crippen LogP contribution in [0.15, 0.2) is 34.3 Å². The van der Waals surface area contributed by atoms with Crippen LogP contribution in [0.1, 0.15) is 92.9 Å². The van der Waals surface area contributed by atoms with Gasteiger partial charge in [-0.1, -0.05) is 46.2 Å². The number of nitrogens with one attached hydrogen (secondary N) is 5. The van der Waals surface area contributed by atoms with Crippen LogP contribution in [0, 0.1) is 11.8 Å². The fourth-order valence-corrected chi connectivity index (χ4v) is 6.76. The van der Waals surface area contributed by atoms with Crippen molar-refractivity contribution in [3.63, 3.8) is 0 Å². The molecule has 1 aliphatic rings. The van der Waals surface area contributed by atoms with Crippen LogP contribution < -0.4 is 49.5 Å². The molecule has 1 aliphatic heterocycles. The van der Waals surface area contributed by atoms with Gasteiger partial charge in [-0.05, 0) is 74.5 Å². The molecule has 0 spiro atoms. The minimum Gasteiger partial charge on any atom is -0.508 e. The van der Waals surface area contributed by atoms with Gasteiger partial charge in [-0.3, -0.25) is 38.8 Å². The number of likely N-dealkylation sites (tertiary alicyclic amines) is 1. The number of benzene rings is 1. The van der Waals surface area contributed by atoms with Crippen molar-refractivity contribution < 1.29 is 45.1 Å². The lowest BCUT2D eigenvalue weighted by molar-refractivity contribution is -0.143. The molecule has 340 valence electrons. The van der Waals surface area contributed by atoms with Gasteiger partial charge in [0.05, 0.1) is 0 Å². The minimum absolute atomic E-state index is 0.0298. The first kappa shape index (κ1) is 49.2. The third-order valence-corrected chi connectivity index (χ3v) is 10.1. The van der Waals surface area contributed by atoms with Crippen LogP contribution in [-0.2, 0) is 40.0 Å². The summed E-state index contributed by atoms with van der Waals surface area (Å²) in [5, 5.41) is 32.9. The third-order valence-electron chi connectivity index (χ3n) is 10.1. The van der Waals surface area contributed by atoms with Gasteiger partial charge in [0.1, 0.15) is 42.0 Å². The lowest BCUT2D eigenvalue weighted by atomic mass is 9.96. The van der Waals surface area contributed by atoms with Crippen LogP contribution >= 0.6 is 0 Å². The number of guanidine groups is 2. The summed E-state index contributed by atoms with van der Waals surface area (Å²) in [6.45, 7) is 6.90. The average Bonchev–Trinajstić information content (AvgIpc) is 3.71. The maximum Gasteiger partial charge on any atom is 0.326 e. The van der Waals surface area contributed by atoms with Crippen LogP contribution in [0.4, 0.5) is 0 Å². The summed E-state index contributed by atoms with van der Waals surface area (Å²) in [6, 6.07) is -1.19. The van der Waals surface area contributed by atoms with E-state index in [4.69, 9.17) is 24.3 Å². The van der Waals surface area contributed by atoms with Gasteiger partial charge in [0.15, 0.2) is 11.9 Å². The van der Waals surface area contributed by atoms with E-state index in [0.29, 0.717) is 18.4 Å². The Kier molecular flexibility index (Phi) is 20.5. The maximum atomic E-state index is 14.3. The summed E-state index contributed by atoms with van der Waals surface area (Å²) < 4.78 is 7.43. The number of hydrogen-bond donors (Lipinski definition) is 11. The second-order valence-corrected chi connectivity index (χ2v) is 15.6. The molecule has 1 aromatic carbocycles. The predicted octanol–water partition coefficient (Wildman–Crippen LogP) is -1.35. The number of aliphatic carboxylic acids is 1. The van der Waals surface area contributed by atoms with Gasteiger partial charge in [-0.25, -0.2) is 4.79 Å². The minimum atomic E-state index is -1.30. The van der Waals surface area contributed by atoms with Gasteiger partial charge in [0.25, 0.3) is 0 Å². The van der Waals surface area contributed by atoms with Crippen molar-refractivity contribution in [3.05, 3.63) is 29.8 Å². The fraction of sp³-hybridized carbons (Fsp3) is 0.625. The Hall–Kier alpha value is -6.15. The summed E-state index contributed by atoms with van der Waals surface area (Å²) in [5.74, 6) is -6.28. The lowest BCUT2D eigenvalue weighted by Crippen LogP contribution is -2.60. The summed E-state index contributed by atoms with van der Waals surface area (Å²) >= 11 is 0. The maximum absolute atomic E-state index is 14.3. The quantitative estimate of drug-likeness (QED) is 0.0308. The largest absolute Gasteiger partial charge is 0.508 e. The zero-order valence-corrected chi connectivity index (χ0v) is 35.5. The second-order valence-electron chi connectivity index (χ2n) is 15.6. The van der Waals surface area contributed by atoms with Crippen molar-refractivity contribution in [3.8, 4) is 5.75 Å². The number of carboxylic acid groups (broad SMARTS) is 1. The van der Waals surface area contributed by atoms with Crippen molar-refractivity contribution in [1.29, 1.82) is 0 Å². The molecule has 2 rings (SSSR count). The lowest BCUT2D eigenvalue weighted by Gasteiger charge is -2.31. The molecule has 1 aromatic rings. The highest BCUT2D eigenvalue weighted by Gasteiger charge is 2.40. The molecule has 0 unspecified atom stereocenters. The summed E-state index contributed by atoms with van der Waals surface area (Å²) in [6.07, 6.45) is 1.72. The number of amides is 6. The molecule has 15 N–H and O–H groups in total. The second kappa shape index (κ2) is 25.5. The number of rotatable bonds is 25. The van der Waals surface area contributed by atoms with Crippen molar-refractivity contribution in [2.45, 2.75) is 129 Å². The molecule has 0 radical (unpaired) electrons. The van der Waals surface area contributed by atoms with E-state index in [1.807, 2.05) is 13.8 Å². The van der Waals surface area contributed by atoms with Crippen LogP contribution in [-0.4, -0.2) is 124 Å². The van der Waals surface area contributed by atoms with Crippen LogP contribution in [0.3, 0.4) is 0 Å². The smallest absolute Gasteiger partial charge is 0.326 e. The highest BCUT2D eigenvalue weighted by atomic mass is 16.4. The van der Waals surface area contributed by atoms with E-state index in [0.717, 1.165) is 0 Å². The standard InChI is InChI=1S/C40H66N12O9/c1-6-23(4)32(36(58)50-30(38(60)61)20-22(2)3)51-34(56)29(21-25-13-15-26(54)16-14-25)49-35(57)31-12-9-19-52(31)37(59)28(11-8-18-46-40(43)44)48-33(55)27(47-24(5)53)10-7-17-45-39(41)42/h13-16,22-23,27-32,54H,6-12,17-21H2,1-5H3,(H,47,53)(H,48,55)(H,49,57)(H,50,58)(H,51,56)(H,60,61)(H4,41,42,45)(H4,43,44,46)/t23-,27-,28-,29-,30-,31-,32-/m0/s1/i5T. The van der Waals surface area contributed by atoms with Crippen molar-refractivity contribution in [1.82, 2.24) is 31.5 Å². The van der Waals surface area contributed by atoms with E-state index in [1.54, 1.807) is 26.0 Å². The number of nitrogens with zero attached hydrogens (tertiary/aromatic N) is 3. The van der Waals surface area contributed by atoms with E-state index >= 15 is 0 Å². The van der Waals surface area contributed by atoms with E-state index in [1.165, 1.54) is 17.0 Å². The number of phenolic OH excluding ortho intramolecular Hbond substituents is 1. The number of aromatic hydroxyl groups is 1. The van der Waals surface area contributed by atoms with Crippen molar-refractivity contribution in [2.75, 3.05) is 19.6 Å². The number of carbonyl (C=O) groups excluding carboxylic acids is 6. The third kappa shape index (κ3) is 17.9. The van der Waals surface area contributed by atoms with E-state index < -0.39 is 90.5 Å². The molecular formula is C40H66N12O9. The summed E-state index contributed by atoms with van der Waals surface area (Å²) in [7, 11) is 0. The number of aliphatic imine (C=N–C) groups is 2. The van der Waals surface area contributed by atoms with E-state index in [-0.39, 0.29) is 88.2 Å². The first-order valence-corrected chi connectivity index (χ1v) is 20.5. The summed E-state index contributed by atoms with van der Waals surface area (Å²) in [5.41, 5.74) is 22.3. The van der Waals surface area contributed by atoms with Crippen molar-refractivity contribution in [2.24, 2.45) is 44.8 Å².